The normalized spacial score (nSPS) is 12.5. The molecule has 0 saturated heterocycles. The predicted octanol–water partition coefficient (Wildman–Crippen LogP) is 2.11. The van der Waals surface area contributed by atoms with Crippen molar-refractivity contribution in [2.45, 2.75) is 26.0 Å². The Morgan fingerprint density at radius 2 is 1.93 bits per heavy atom. The molecule has 0 radical (unpaired) electrons. The van der Waals surface area contributed by atoms with Crippen molar-refractivity contribution in [2.24, 2.45) is 5.29 Å². The van der Waals surface area contributed by atoms with E-state index in [1.807, 2.05) is 44.2 Å². The number of nitrogens with zero attached hydrogens (tertiary/aromatic N) is 2. The van der Waals surface area contributed by atoms with Gasteiger partial charge in [-0.3, -0.25) is 5.01 Å². The van der Waals surface area contributed by atoms with E-state index in [-0.39, 0.29) is 12.6 Å². The van der Waals surface area contributed by atoms with Gasteiger partial charge in [-0.15, -0.1) is 4.91 Å². The average Bonchev–Trinajstić information content (AvgIpc) is 2.26. The van der Waals surface area contributed by atoms with E-state index in [0.29, 0.717) is 0 Å². The zero-order valence-electron chi connectivity index (χ0n) is 9.00. The van der Waals surface area contributed by atoms with Gasteiger partial charge >= 0.3 is 0 Å². The van der Waals surface area contributed by atoms with Crippen LogP contribution in [0, 0.1) is 4.91 Å². The zero-order valence-corrected chi connectivity index (χ0v) is 9.00. The van der Waals surface area contributed by atoms with Gasteiger partial charge in [0.05, 0.1) is 17.9 Å². The van der Waals surface area contributed by atoms with Crippen LogP contribution < -0.4 is 0 Å². The third-order valence-corrected chi connectivity index (χ3v) is 2.25. The molecule has 82 valence electrons. The minimum atomic E-state index is -0.675. The first-order valence-electron chi connectivity index (χ1n) is 4.98. The Labute approximate surface area is 89.5 Å². The van der Waals surface area contributed by atoms with Crippen LogP contribution in [0.15, 0.2) is 35.6 Å². The van der Waals surface area contributed by atoms with E-state index in [0.717, 1.165) is 5.56 Å². The van der Waals surface area contributed by atoms with Crippen LogP contribution in [0.4, 0.5) is 0 Å². The van der Waals surface area contributed by atoms with Gasteiger partial charge in [-0.1, -0.05) is 30.3 Å². The zero-order chi connectivity index (χ0) is 11.3. The van der Waals surface area contributed by atoms with E-state index in [1.54, 1.807) is 0 Å². The fourth-order valence-corrected chi connectivity index (χ4v) is 1.30. The van der Waals surface area contributed by atoms with E-state index in [4.69, 9.17) is 0 Å². The summed E-state index contributed by atoms with van der Waals surface area (Å²) in [4.78, 5) is 10.5. The lowest BCUT2D eigenvalue weighted by molar-refractivity contribution is 0.0966. The summed E-state index contributed by atoms with van der Waals surface area (Å²) >= 11 is 0. The van der Waals surface area contributed by atoms with Crippen LogP contribution in [0.3, 0.4) is 0 Å². The van der Waals surface area contributed by atoms with E-state index < -0.39 is 6.10 Å². The molecule has 0 heterocycles. The van der Waals surface area contributed by atoms with E-state index in [1.165, 1.54) is 5.01 Å². The fourth-order valence-electron chi connectivity index (χ4n) is 1.30. The van der Waals surface area contributed by atoms with Gasteiger partial charge in [0.2, 0.25) is 0 Å². The van der Waals surface area contributed by atoms with Crippen LogP contribution in [0.5, 0.6) is 0 Å². The van der Waals surface area contributed by atoms with E-state index in [2.05, 4.69) is 5.29 Å². The van der Waals surface area contributed by atoms with Gasteiger partial charge in [-0.25, -0.2) is 0 Å². The molecule has 0 fully saturated rings. The first-order chi connectivity index (χ1) is 7.15. The van der Waals surface area contributed by atoms with Crippen molar-refractivity contribution in [1.29, 1.82) is 0 Å². The van der Waals surface area contributed by atoms with Crippen LogP contribution in [0.2, 0.25) is 0 Å². The Kier molecular flexibility index (Phi) is 4.24. The monoisotopic (exact) mass is 208 g/mol. The van der Waals surface area contributed by atoms with Crippen LogP contribution in [0.25, 0.3) is 0 Å². The van der Waals surface area contributed by atoms with Gasteiger partial charge in [0.25, 0.3) is 0 Å². The molecule has 0 aliphatic carbocycles. The highest BCUT2D eigenvalue weighted by Gasteiger charge is 2.15. The van der Waals surface area contributed by atoms with Crippen LogP contribution >= 0.6 is 0 Å². The molecule has 1 aromatic rings. The smallest absolute Gasteiger partial charge is 0.0982 e. The molecular formula is C11H16N2O2. The molecule has 0 amide bonds. The SMILES string of the molecule is CC(C)N(CC(O)c1ccccc1)N=O. The standard InChI is InChI=1S/C11H16N2O2/c1-9(2)13(12-15)8-11(14)10-6-4-3-5-7-10/h3-7,9,11,14H,8H2,1-2H3. The topological polar surface area (TPSA) is 52.9 Å². The van der Waals surface area contributed by atoms with E-state index in [9.17, 15) is 10.0 Å². The van der Waals surface area contributed by atoms with Gasteiger partial charge < -0.3 is 5.11 Å². The van der Waals surface area contributed by atoms with Crippen molar-refractivity contribution in [1.82, 2.24) is 5.01 Å². The number of hydrogen-bond acceptors (Lipinski definition) is 3. The molecule has 4 heteroatoms. The number of rotatable bonds is 5. The summed E-state index contributed by atoms with van der Waals surface area (Å²) in [6, 6.07) is 9.25. The van der Waals surface area contributed by atoms with E-state index >= 15 is 0 Å². The summed E-state index contributed by atoms with van der Waals surface area (Å²) in [6.07, 6.45) is -0.675. The first kappa shape index (κ1) is 11.7. The van der Waals surface area contributed by atoms with Gasteiger partial charge in [0.15, 0.2) is 0 Å². The second-order valence-electron chi connectivity index (χ2n) is 3.72. The molecule has 15 heavy (non-hydrogen) atoms. The van der Waals surface area contributed by atoms with Gasteiger partial charge in [-0.05, 0) is 19.4 Å². The summed E-state index contributed by atoms with van der Waals surface area (Å²) in [6.45, 7) is 3.95. The lowest BCUT2D eigenvalue weighted by Gasteiger charge is -2.22. The first-order valence-corrected chi connectivity index (χ1v) is 4.98. The maximum Gasteiger partial charge on any atom is 0.0982 e. The van der Waals surface area contributed by atoms with Crippen molar-refractivity contribution >= 4 is 0 Å². The van der Waals surface area contributed by atoms with Crippen molar-refractivity contribution in [2.75, 3.05) is 6.54 Å². The number of aliphatic hydroxyl groups excluding tert-OH is 1. The van der Waals surface area contributed by atoms with Crippen molar-refractivity contribution in [3.8, 4) is 0 Å². The Morgan fingerprint density at radius 3 is 2.40 bits per heavy atom. The highest BCUT2D eigenvalue weighted by Crippen LogP contribution is 2.15. The molecule has 0 bridgehead atoms. The Balaban J connectivity index is 2.62. The molecule has 1 aromatic carbocycles. The molecule has 0 aliphatic heterocycles. The highest BCUT2D eigenvalue weighted by atomic mass is 16.3. The number of hydrogen-bond donors (Lipinski definition) is 1. The second-order valence-corrected chi connectivity index (χ2v) is 3.72. The largest absolute Gasteiger partial charge is 0.386 e. The highest BCUT2D eigenvalue weighted by molar-refractivity contribution is 5.17. The number of nitroso groups, excluding NO2 is 1. The molecule has 0 aromatic heterocycles. The number of aliphatic hydroxyl groups is 1. The minimum Gasteiger partial charge on any atom is -0.386 e. The Morgan fingerprint density at radius 1 is 1.33 bits per heavy atom. The lowest BCUT2D eigenvalue weighted by atomic mass is 10.1. The molecule has 0 spiro atoms. The van der Waals surface area contributed by atoms with Gasteiger partial charge in [0.1, 0.15) is 0 Å². The molecule has 1 atom stereocenters. The number of benzene rings is 1. The van der Waals surface area contributed by atoms with Gasteiger partial charge in [-0.2, -0.15) is 0 Å². The van der Waals surface area contributed by atoms with Crippen LogP contribution in [0.1, 0.15) is 25.5 Å². The summed E-state index contributed by atoms with van der Waals surface area (Å²) in [5.41, 5.74) is 0.798. The summed E-state index contributed by atoms with van der Waals surface area (Å²) in [5, 5.41) is 14.0. The molecule has 0 aliphatic rings. The molecule has 1 unspecified atom stereocenters. The molecular weight excluding hydrogens is 192 g/mol. The predicted molar refractivity (Wildman–Crippen MR) is 59.0 cm³/mol. The molecule has 0 saturated carbocycles. The lowest BCUT2D eigenvalue weighted by Crippen LogP contribution is -2.29. The van der Waals surface area contributed by atoms with Gasteiger partial charge in [0, 0.05) is 6.04 Å². The molecule has 1 rings (SSSR count). The third kappa shape index (κ3) is 3.32. The summed E-state index contributed by atoms with van der Waals surface area (Å²) < 4.78 is 0. The molecule has 4 nitrogen and oxygen atoms in total. The molecule has 1 N–H and O–H groups in total. The quantitative estimate of drug-likeness (QED) is 0.595. The third-order valence-electron chi connectivity index (χ3n) is 2.25. The maximum absolute atomic E-state index is 10.5. The fraction of sp³-hybridized carbons (Fsp3) is 0.455. The van der Waals surface area contributed by atoms with Crippen molar-refractivity contribution in [3.63, 3.8) is 0 Å². The Hall–Kier alpha value is -1.42. The minimum absolute atomic E-state index is 0.000798. The second kappa shape index (κ2) is 5.46. The maximum atomic E-state index is 10.5. The average molecular weight is 208 g/mol. The van der Waals surface area contributed by atoms with Crippen LogP contribution in [-0.2, 0) is 0 Å². The van der Waals surface area contributed by atoms with Crippen molar-refractivity contribution in [3.05, 3.63) is 40.8 Å². The van der Waals surface area contributed by atoms with Crippen LogP contribution in [-0.4, -0.2) is 22.7 Å². The Bertz CT molecular complexity index is 301. The van der Waals surface area contributed by atoms with Crippen molar-refractivity contribution < 1.29 is 5.11 Å². The summed E-state index contributed by atoms with van der Waals surface area (Å²) in [5.74, 6) is 0. The summed E-state index contributed by atoms with van der Waals surface area (Å²) in [7, 11) is 0.